The van der Waals surface area contributed by atoms with Gasteiger partial charge in [0.1, 0.15) is 16.6 Å². The smallest absolute Gasteiger partial charge is 0.322 e. The van der Waals surface area contributed by atoms with E-state index in [1.165, 1.54) is 37.0 Å². The summed E-state index contributed by atoms with van der Waals surface area (Å²) in [7, 11) is -1.11. The standard InChI is InChI=1S/C12H17N3O5S/c1-4-5-9(12(17)18)14-21(19,20)8-6-10(11(16)13-2)15(3)7-8/h4,6-7,9,14H,1,5H2,2-3H3,(H,13,16)(H,17,18). The number of nitrogens with zero attached hydrogens (tertiary/aromatic N) is 1. The minimum Gasteiger partial charge on any atom is -0.480 e. The van der Waals surface area contributed by atoms with Gasteiger partial charge in [-0.15, -0.1) is 6.58 Å². The van der Waals surface area contributed by atoms with E-state index in [-0.39, 0.29) is 17.0 Å². The normalized spacial score (nSPS) is 12.7. The zero-order valence-corrected chi connectivity index (χ0v) is 12.5. The van der Waals surface area contributed by atoms with E-state index in [0.717, 1.165) is 0 Å². The van der Waals surface area contributed by atoms with Crippen molar-refractivity contribution in [3.8, 4) is 0 Å². The second-order valence-corrected chi connectivity index (χ2v) is 6.00. The molecule has 1 unspecified atom stereocenters. The first kappa shape index (κ1) is 16.9. The maximum absolute atomic E-state index is 12.1. The van der Waals surface area contributed by atoms with Gasteiger partial charge in [-0.1, -0.05) is 6.08 Å². The number of nitrogens with one attached hydrogen (secondary N) is 2. The fourth-order valence-corrected chi connectivity index (χ4v) is 2.93. The molecule has 0 saturated carbocycles. The third kappa shape index (κ3) is 3.92. The summed E-state index contributed by atoms with van der Waals surface area (Å²) in [5, 5.41) is 11.3. The van der Waals surface area contributed by atoms with Gasteiger partial charge in [0.05, 0.1) is 0 Å². The van der Waals surface area contributed by atoms with Gasteiger partial charge in [-0.05, 0) is 12.5 Å². The molecule has 0 aromatic carbocycles. The van der Waals surface area contributed by atoms with Gasteiger partial charge in [0.2, 0.25) is 10.0 Å². The van der Waals surface area contributed by atoms with Crippen molar-refractivity contribution >= 4 is 21.9 Å². The molecule has 0 aliphatic carbocycles. The summed E-state index contributed by atoms with van der Waals surface area (Å²) >= 11 is 0. The van der Waals surface area contributed by atoms with E-state index in [1.807, 2.05) is 0 Å². The monoisotopic (exact) mass is 315 g/mol. The molecule has 3 N–H and O–H groups in total. The van der Waals surface area contributed by atoms with Crippen molar-refractivity contribution in [1.82, 2.24) is 14.6 Å². The minimum atomic E-state index is -4.05. The van der Waals surface area contributed by atoms with Gasteiger partial charge in [0, 0.05) is 20.3 Å². The van der Waals surface area contributed by atoms with E-state index < -0.39 is 27.9 Å². The molecule has 0 aliphatic heterocycles. The lowest BCUT2D eigenvalue weighted by molar-refractivity contribution is -0.138. The van der Waals surface area contributed by atoms with Crippen LogP contribution in [0.3, 0.4) is 0 Å². The van der Waals surface area contributed by atoms with Crippen LogP contribution in [-0.2, 0) is 21.9 Å². The Balaban J connectivity index is 3.11. The average molecular weight is 315 g/mol. The number of aromatic nitrogens is 1. The zero-order valence-electron chi connectivity index (χ0n) is 11.7. The molecule has 1 heterocycles. The lowest BCUT2D eigenvalue weighted by atomic mass is 10.2. The summed E-state index contributed by atoms with van der Waals surface area (Å²) in [5.74, 6) is -1.75. The molecule has 1 rings (SSSR count). The maximum atomic E-state index is 12.1. The third-order valence-corrected chi connectivity index (χ3v) is 4.19. The van der Waals surface area contributed by atoms with Crippen molar-refractivity contribution in [2.45, 2.75) is 17.4 Å². The first-order chi connectivity index (χ1) is 9.72. The van der Waals surface area contributed by atoms with Crippen molar-refractivity contribution < 1.29 is 23.1 Å². The fourth-order valence-electron chi connectivity index (χ4n) is 1.66. The number of carboxylic acid groups (broad SMARTS) is 1. The first-order valence-corrected chi connectivity index (χ1v) is 7.45. The Labute approximate surface area is 122 Å². The maximum Gasteiger partial charge on any atom is 0.322 e. The van der Waals surface area contributed by atoms with Gasteiger partial charge >= 0.3 is 5.97 Å². The number of carbonyl (C=O) groups is 2. The molecule has 0 saturated heterocycles. The van der Waals surface area contributed by atoms with Crippen LogP contribution < -0.4 is 10.0 Å². The van der Waals surface area contributed by atoms with Gasteiger partial charge in [-0.3, -0.25) is 9.59 Å². The van der Waals surface area contributed by atoms with Crippen molar-refractivity contribution in [1.29, 1.82) is 0 Å². The third-order valence-electron chi connectivity index (χ3n) is 2.75. The SMILES string of the molecule is C=CCC(NS(=O)(=O)c1cc(C(=O)NC)n(C)c1)C(=O)O. The van der Waals surface area contributed by atoms with Crippen LogP contribution in [0.15, 0.2) is 29.8 Å². The number of sulfonamides is 1. The summed E-state index contributed by atoms with van der Waals surface area (Å²) in [6.07, 6.45) is 2.49. The minimum absolute atomic E-state index is 0.0519. The quantitative estimate of drug-likeness (QED) is 0.597. The summed E-state index contributed by atoms with van der Waals surface area (Å²) in [4.78, 5) is 22.4. The van der Waals surface area contributed by atoms with Gasteiger partial charge in [0.15, 0.2) is 0 Å². The molecule has 0 radical (unpaired) electrons. The largest absolute Gasteiger partial charge is 0.480 e. The van der Waals surface area contributed by atoms with Crippen LogP contribution in [0.2, 0.25) is 0 Å². The van der Waals surface area contributed by atoms with E-state index in [1.54, 1.807) is 0 Å². The lowest BCUT2D eigenvalue weighted by Crippen LogP contribution is -2.40. The van der Waals surface area contributed by atoms with Crippen LogP contribution in [0.1, 0.15) is 16.9 Å². The van der Waals surface area contributed by atoms with E-state index in [2.05, 4.69) is 16.6 Å². The number of amides is 1. The molecule has 0 aliphatic rings. The molecule has 1 amide bonds. The molecular formula is C12H17N3O5S. The van der Waals surface area contributed by atoms with Gasteiger partial charge in [-0.2, -0.15) is 4.72 Å². The summed E-state index contributed by atoms with van der Waals surface area (Å²) in [6.45, 7) is 3.38. The van der Waals surface area contributed by atoms with E-state index in [9.17, 15) is 18.0 Å². The Bertz CT molecular complexity index is 662. The van der Waals surface area contributed by atoms with Crippen molar-refractivity contribution in [3.63, 3.8) is 0 Å². The van der Waals surface area contributed by atoms with Gasteiger partial charge < -0.3 is 15.0 Å². The number of carbonyl (C=O) groups excluding carboxylic acids is 1. The Morgan fingerprint density at radius 3 is 2.62 bits per heavy atom. The van der Waals surface area contributed by atoms with Crippen LogP contribution >= 0.6 is 0 Å². The predicted octanol–water partition coefficient (Wildman–Crippen LogP) is -0.308. The van der Waals surface area contributed by atoms with Crippen LogP contribution in [0.5, 0.6) is 0 Å². The van der Waals surface area contributed by atoms with Crippen molar-refractivity contribution in [2.75, 3.05) is 7.05 Å². The number of carboxylic acids is 1. The summed E-state index contributed by atoms with van der Waals surface area (Å²) in [5.41, 5.74) is 0.147. The highest BCUT2D eigenvalue weighted by Crippen LogP contribution is 2.14. The number of hydrogen-bond donors (Lipinski definition) is 3. The van der Waals surface area contributed by atoms with Crippen LogP contribution in [0, 0.1) is 0 Å². The van der Waals surface area contributed by atoms with Crippen LogP contribution in [-0.4, -0.2) is 43.1 Å². The average Bonchev–Trinajstić information content (AvgIpc) is 2.80. The van der Waals surface area contributed by atoms with Crippen molar-refractivity contribution in [2.24, 2.45) is 7.05 Å². The summed E-state index contributed by atoms with van der Waals surface area (Å²) in [6, 6.07) is -0.135. The molecule has 1 aromatic heterocycles. The number of aliphatic carboxylic acids is 1. The Morgan fingerprint density at radius 2 is 2.14 bits per heavy atom. The highest BCUT2D eigenvalue weighted by Gasteiger charge is 2.26. The predicted molar refractivity (Wildman–Crippen MR) is 75.4 cm³/mol. The molecule has 1 atom stereocenters. The highest BCUT2D eigenvalue weighted by atomic mass is 32.2. The van der Waals surface area contributed by atoms with Gasteiger partial charge in [-0.25, -0.2) is 8.42 Å². The molecule has 116 valence electrons. The fraction of sp³-hybridized carbons (Fsp3) is 0.333. The Hall–Kier alpha value is -2.13. The second kappa shape index (κ2) is 6.55. The molecule has 1 aromatic rings. The first-order valence-electron chi connectivity index (χ1n) is 5.97. The van der Waals surface area contributed by atoms with Crippen LogP contribution in [0.25, 0.3) is 0 Å². The highest BCUT2D eigenvalue weighted by molar-refractivity contribution is 7.89. The second-order valence-electron chi connectivity index (χ2n) is 4.29. The lowest BCUT2D eigenvalue weighted by Gasteiger charge is -2.11. The topological polar surface area (TPSA) is 117 Å². The molecule has 0 spiro atoms. The molecule has 9 heteroatoms. The number of hydrogen-bond acceptors (Lipinski definition) is 4. The van der Waals surface area contributed by atoms with E-state index in [0.29, 0.717) is 0 Å². The Kier molecular flexibility index (Phi) is 5.28. The Morgan fingerprint density at radius 1 is 1.52 bits per heavy atom. The molecule has 8 nitrogen and oxygen atoms in total. The molecule has 0 bridgehead atoms. The zero-order chi connectivity index (χ0) is 16.2. The van der Waals surface area contributed by atoms with Crippen LogP contribution in [0.4, 0.5) is 0 Å². The van der Waals surface area contributed by atoms with E-state index in [4.69, 9.17) is 5.11 Å². The molecular weight excluding hydrogens is 298 g/mol. The van der Waals surface area contributed by atoms with Gasteiger partial charge in [0.25, 0.3) is 5.91 Å². The number of aryl methyl sites for hydroxylation is 1. The molecule has 21 heavy (non-hydrogen) atoms. The van der Waals surface area contributed by atoms with E-state index >= 15 is 0 Å². The number of rotatable bonds is 7. The molecule has 0 fully saturated rings. The van der Waals surface area contributed by atoms with Crippen molar-refractivity contribution in [3.05, 3.63) is 30.6 Å². The summed E-state index contributed by atoms with van der Waals surface area (Å²) < 4.78 is 27.7.